The molecule has 0 aliphatic heterocycles. The molecule has 2 aromatic carbocycles. The van der Waals surface area contributed by atoms with E-state index >= 15 is 0 Å². The summed E-state index contributed by atoms with van der Waals surface area (Å²) < 4.78 is 18.6. The topological polar surface area (TPSA) is 63.8 Å². The monoisotopic (exact) mass is 362 g/mol. The molecule has 0 spiro atoms. The molecule has 4 rings (SSSR count). The lowest BCUT2D eigenvalue weighted by atomic mass is 10.1. The Morgan fingerprint density at radius 2 is 1.81 bits per heavy atom. The second kappa shape index (κ2) is 7.53. The number of halogens is 1. The lowest BCUT2D eigenvalue weighted by Gasteiger charge is -2.15. The quantitative estimate of drug-likeness (QED) is 0.531. The van der Waals surface area contributed by atoms with Crippen LogP contribution in [0.3, 0.4) is 0 Å². The smallest absolute Gasteiger partial charge is 0.263 e. The summed E-state index contributed by atoms with van der Waals surface area (Å²) in [5, 5.41) is 8.26. The van der Waals surface area contributed by atoms with E-state index in [0.29, 0.717) is 22.6 Å². The highest BCUT2D eigenvalue weighted by Crippen LogP contribution is 2.31. The number of nitrogens with zero attached hydrogens (tertiary/aromatic N) is 3. The maximum atomic E-state index is 13.2. The maximum Gasteiger partial charge on any atom is 0.263 e. The average molecular weight is 362 g/mol. The summed E-state index contributed by atoms with van der Waals surface area (Å²) in [4.78, 5) is 8.53. The van der Waals surface area contributed by atoms with Crippen molar-refractivity contribution >= 4 is 16.9 Å². The number of nitrogens with one attached hydrogen (secondary N) is 1. The molecule has 0 bridgehead atoms. The maximum absolute atomic E-state index is 13.2. The first-order chi connectivity index (χ1) is 13.2. The van der Waals surface area contributed by atoms with Gasteiger partial charge in [-0.3, -0.25) is 0 Å². The van der Waals surface area contributed by atoms with Crippen LogP contribution in [-0.4, -0.2) is 21.2 Å². The minimum atomic E-state index is -0.296. The summed E-state index contributed by atoms with van der Waals surface area (Å²) in [5.74, 6) is 0.372. The van der Waals surface area contributed by atoms with Gasteiger partial charge in [0.25, 0.3) is 5.71 Å². The van der Waals surface area contributed by atoms with Gasteiger partial charge in [-0.05, 0) is 49.6 Å². The molecule has 0 aliphatic carbocycles. The van der Waals surface area contributed by atoms with Crippen molar-refractivity contribution in [3.8, 4) is 11.3 Å². The molecule has 0 saturated heterocycles. The number of fused-ring (bicyclic) bond motifs is 1. The highest BCUT2D eigenvalue weighted by Gasteiger charge is 2.18. The van der Waals surface area contributed by atoms with Crippen molar-refractivity contribution < 1.29 is 8.91 Å². The first-order valence-corrected chi connectivity index (χ1v) is 8.87. The molecular weight excluding hydrogens is 343 g/mol. The fourth-order valence-corrected chi connectivity index (χ4v) is 3.03. The van der Waals surface area contributed by atoms with E-state index in [1.165, 1.54) is 24.0 Å². The second-order valence-corrected chi connectivity index (χ2v) is 6.51. The molecule has 4 aromatic rings. The predicted octanol–water partition coefficient (Wildman–Crippen LogP) is 4.86. The van der Waals surface area contributed by atoms with Crippen LogP contribution in [0.5, 0.6) is 0 Å². The number of rotatable bonds is 6. The van der Waals surface area contributed by atoms with Gasteiger partial charge in [0.1, 0.15) is 29.0 Å². The highest BCUT2D eigenvalue weighted by atomic mass is 19.1. The van der Waals surface area contributed by atoms with E-state index in [0.717, 1.165) is 18.4 Å². The van der Waals surface area contributed by atoms with E-state index in [-0.39, 0.29) is 11.9 Å². The van der Waals surface area contributed by atoms with Gasteiger partial charge < -0.3 is 9.84 Å². The first-order valence-electron chi connectivity index (χ1n) is 8.87. The van der Waals surface area contributed by atoms with E-state index in [1.807, 2.05) is 18.2 Å². The van der Waals surface area contributed by atoms with Crippen molar-refractivity contribution in [1.29, 1.82) is 0 Å². The molecule has 1 N–H and O–H groups in total. The van der Waals surface area contributed by atoms with Crippen molar-refractivity contribution in [2.75, 3.05) is 5.32 Å². The Bertz CT molecular complexity index is 1030. The van der Waals surface area contributed by atoms with Crippen LogP contribution in [0.1, 0.15) is 18.9 Å². The summed E-state index contributed by atoms with van der Waals surface area (Å²) >= 11 is 0. The fourth-order valence-electron chi connectivity index (χ4n) is 3.03. The number of aromatic nitrogens is 3. The third kappa shape index (κ3) is 3.79. The standard InChI is InChI=1S/C21H19FN4O/c1-14(7-8-15-5-3-2-4-6-15)25-20-18-19(16-9-11-17(22)12-10-16)26-27-21(18)24-13-23-20/h2-6,9-14H,7-8H2,1H3,(H,23,24,25)/t14-/m0/s1. The SMILES string of the molecule is C[C@@H](CCc1ccccc1)Nc1ncnc2onc(-c3ccc(F)cc3)c12. The predicted molar refractivity (Wildman–Crippen MR) is 103 cm³/mol. The molecule has 0 amide bonds. The van der Waals surface area contributed by atoms with Crippen molar-refractivity contribution in [3.05, 3.63) is 72.3 Å². The van der Waals surface area contributed by atoms with Crippen LogP contribution in [0.25, 0.3) is 22.4 Å². The molecule has 0 fully saturated rings. The summed E-state index contributed by atoms with van der Waals surface area (Å²) in [6, 6.07) is 16.7. The van der Waals surface area contributed by atoms with Crippen LogP contribution in [0.15, 0.2) is 65.4 Å². The highest BCUT2D eigenvalue weighted by molar-refractivity contribution is 5.97. The first kappa shape index (κ1) is 17.1. The molecule has 136 valence electrons. The van der Waals surface area contributed by atoms with Gasteiger partial charge in [0.2, 0.25) is 0 Å². The van der Waals surface area contributed by atoms with Crippen molar-refractivity contribution in [1.82, 2.24) is 15.1 Å². The van der Waals surface area contributed by atoms with E-state index in [4.69, 9.17) is 4.52 Å². The van der Waals surface area contributed by atoms with Crippen LogP contribution in [-0.2, 0) is 6.42 Å². The number of anilines is 1. The number of hydrogen-bond donors (Lipinski definition) is 1. The molecule has 5 nitrogen and oxygen atoms in total. The molecule has 1 atom stereocenters. The van der Waals surface area contributed by atoms with Crippen LogP contribution >= 0.6 is 0 Å². The third-order valence-electron chi connectivity index (χ3n) is 4.48. The van der Waals surface area contributed by atoms with E-state index in [9.17, 15) is 4.39 Å². The third-order valence-corrected chi connectivity index (χ3v) is 4.48. The largest absolute Gasteiger partial charge is 0.367 e. The van der Waals surface area contributed by atoms with Gasteiger partial charge in [-0.2, -0.15) is 4.98 Å². The zero-order valence-corrected chi connectivity index (χ0v) is 14.9. The van der Waals surface area contributed by atoms with Crippen molar-refractivity contribution in [3.63, 3.8) is 0 Å². The molecular formula is C21H19FN4O. The van der Waals surface area contributed by atoms with E-state index < -0.39 is 0 Å². The van der Waals surface area contributed by atoms with Crippen LogP contribution in [0, 0.1) is 5.82 Å². The Hall–Kier alpha value is -3.28. The normalized spacial score (nSPS) is 12.2. The molecule has 6 heteroatoms. The molecule has 0 unspecified atom stereocenters. The van der Waals surface area contributed by atoms with Gasteiger partial charge in [-0.25, -0.2) is 9.37 Å². The van der Waals surface area contributed by atoms with Crippen LogP contribution < -0.4 is 5.32 Å². The van der Waals surface area contributed by atoms with Gasteiger partial charge in [0.05, 0.1) is 0 Å². The molecule has 2 aromatic heterocycles. The number of hydrogen-bond acceptors (Lipinski definition) is 5. The minimum absolute atomic E-state index is 0.194. The van der Waals surface area contributed by atoms with E-state index in [2.05, 4.69) is 39.5 Å². The van der Waals surface area contributed by atoms with Gasteiger partial charge in [0.15, 0.2) is 0 Å². The zero-order chi connectivity index (χ0) is 18.6. The van der Waals surface area contributed by atoms with Gasteiger partial charge >= 0.3 is 0 Å². The Labute approximate surface area is 156 Å². The second-order valence-electron chi connectivity index (χ2n) is 6.51. The summed E-state index contributed by atoms with van der Waals surface area (Å²) in [6.07, 6.45) is 3.37. The van der Waals surface area contributed by atoms with Crippen LogP contribution in [0.2, 0.25) is 0 Å². The summed E-state index contributed by atoms with van der Waals surface area (Å²) in [7, 11) is 0. The Morgan fingerprint density at radius 3 is 2.59 bits per heavy atom. The Morgan fingerprint density at radius 1 is 1.04 bits per heavy atom. The average Bonchev–Trinajstić information content (AvgIpc) is 3.13. The van der Waals surface area contributed by atoms with E-state index in [1.54, 1.807) is 12.1 Å². The molecule has 27 heavy (non-hydrogen) atoms. The fraction of sp³-hybridized carbons (Fsp3) is 0.190. The zero-order valence-electron chi connectivity index (χ0n) is 14.9. The molecule has 0 saturated carbocycles. The Balaban J connectivity index is 1.58. The lowest BCUT2D eigenvalue weighted by Crippen LogP contribution is -2.17. The number of benzene rings is 2. The Kier molecular flexibility index (Phi) is 4.78. The van der Waals surface area contributed by atoms with Gasteiger partial charge in [-0.15, -0.1) is 0 Å². The molecule has 0 radical (unpaired) electrons. The summed E-state index contributed by atoms with van der Waals surface area (Å²) in [6.45, 7) is 2.11. The summed E-state index contributed by atoms with van der Waals surface area (Å²) in [5.41, 5.74) is 3.06. The van der Waals surface area contributed by atoms with Crippen LogP contribution in [0.4, 0.5) is 10.2 Å². The van der Waals surface area contributed by atoms with Crippen molar-refractivity contribution in [2.24, 2.45) is 0 Å². The molecule has 0 aliphatic rings. The lowest BCUT2D eigenvalue weighted by molar-refractivity contribution is 0.451. The van der Waals surface area contributed by atoms with Gasteiger partial charge in [-0.1, -0.05) is 35.5 Å². The van der Waals surface area contributed by atoms with Crippen molar-refractivity contribution in [2.45, 2.75) is 25.8 Å². The van der Waals surface area contributed by atoms with Gasteiger partial charge in [0, 0.05) is 11.6 Å². The molecule has 2 heterocycles. The number of aryl methyl sites for hydroxylation is 1. The minimum Gasteiger partial charge on any atom is -0.367 e.